The molecule has 0 aliphatic carbocycles. The van der Waals surface area contributed by atoms with Crippen molar-refractivity contribution in [2.45, 2.75) is 10.0 Å². The molecule has 1 saturated heterocycles. The molecular weight excluding hydrogens is 305 g/mol. The summed E-state index contributed by atoms with van der Waals surface area (Å²) in [6, 6.07) is 5.14. The molecule has 1 heterocycles. The maximum atomic E-state index is 13.1. The number of nitrogens with zero attached hydrogens (tertiary/aromatic N) is 1. The fraction of sp³-hybridized carbons (Fsp3) is 0.200. The summed E-state index contributed by atoms with van der Waals surface area (Å²) in [6.07, 6.45) is -1.30. The van der Waals surface area contributed by atoms with Gasteiger partial charge in [-0.25, -0.2) is 4.39 Å². The molecule has 1 aromatic rings. The van der Waals surface area contributed by atoms with Crippen LogP contribution < -0.4 is 4.90 Å². The van der Waals surface area contributed by atoms with E-state index in [4.69, 9.17) is 44.9 Å². The normalized spacial score (nSPS) is 20.2. The predicted molar refractivity (Wildman–Crippen MR) is 66.8 cm³/mol. The van der Waals surface area contributed by atoms with Crippen LogP contribution in [0.4, 0.5) is 10.1 Å². The topological polar surface area (TPSA) is 53.4 Å². The molecule has 1 N–H and O–H groups in total. The molecule has 1 fully saturated rings. The van der Waals surface area contributed by atoms with Gasteiger partial charge < -0.3 is 4.74 Å². The molecule has 2 rings (SSSR count). The van der Waals surface area contributed by atoms with Crippen molar-refractivity contribution in [2.75, 3.05) is 4.90 Å². The van der Waals surface area contributed by atoms with E-state index >= 15 is 0 Å². The van der Waals surface area contributed by atoms with Crippen molar-refractivity contribution in [1.29, 1.82) is 5.41 Å². The number of ether oxygens (including phenoxy) is 1. The number of carbonyl (C=O) groups excluding carboxylic acids is 1. The Balaban J connectivity index is 2.45. The van der Waals surface area contributed by atoms with Crippen LogP contribution in [-0.2, 0) is 9.53 Å². The van der Waals surface area contributed by atoms with Gasteiger partial charge in [0.25, 0.3) is 5.90 Å². The number of hydrogen-bond acceptors (Lipinski definition) is 3. The van der Waals surface area contributed by atoms with E-state index in [-0.39, 0.29) is 5.69 Å². The Hall–Kier alpha value is -1.04. The minimum atomic E-state index is -1.95. The number of nitrogens with one attached hydrogen (secondary N) is 1. The number of amides is 1. The van der Waals surface area contributed by atoms with Crippen LogP contribution in [0.3, 0.4) is 0 Å². The van der Waals surface area contributed by atoms with E-state index in [0.29, 0.717) is 0 Å². The van der Waals surface area contributed by atoms with Gasteiger partial charge in [-0.05, 0) is 18.2 Å². The van der Waals surface area contributed by atoms with Gasteiger partial charge in [0.15, 0.2) is 0 Å². The van der Waals surface area contributed by atoms with Gasteiger partial charge in [0, 0.05) is 0 Å². The van der Waals surface area contributed by atoms with Crippen molar-refractivity contribution in [2.24, 2.45) is 0 Å². The van der Waals surface area contributed by atoms with Gasteiger partial charge >= 0.3 is 5.91 Å². The number of hydrogen-bond donors (Lipinski definition) is 1. The van der Waals surface area contributed by atoms with Crippen molar-refractivity contribution in [3.05, 3.63) is 30.1 Å². The van der Waals surface area contributed by atoms with E-state index < -0.39 is 27.6 Å². The average Bonchev–Trinajstić information content (AvgIpc) is 2.55. The molecule has 0 bridgehead atoms. The van der Waals surface area contributed by atoms with Crippen LogP contribution in [0, 0.1) is 11.2 Å². The largest absolute Gasteiger partial charge is 0.445 e. The molecule has 0 aromatic heterocycles. The van der Waals surface area contributed by atoms with Crippen molar-refractivity contribution < 1.29 is 13.9 Å². The van der Waals surface area contributed by atoms with Crippen LogP contribution in [0.5, 0.6) is 0 Å². The SMILES string of the molecule is N=C1OC(C(Cl)(Cl)Cl)N(c2cccc(F)c2)C1=O. The summed E-state index contributed by atoms with van der Waals surface area (Å²) in [7, 11) is 0. The number of anilines is 1. The fourth-order valence-corrected chi connectivity index (χ4v) is 1.95. The van der Waals surface area contributed by atoms with E-state index in [0.717, 1.165) is 11.0 Å². The van der Waals surface area contributed by atoms with Crippen LogP contribution in [-0.4, -0.2) is 21.8 Å². The lowest BCUT2D eigenvalue weighted by Gasteiger charge is -2.27. The molecule has 1 aromatic carbocycles. The van der Waals surface area contributed by atoms with Crippen LogP contribution >= 0.6 is 34.8 Å². The molecule has 1 aliphatic heterocycles. The van der Waals surface area contributed by atoms with Crippen molar-refractivity contribution >= 4 is 52.3 Å². The van der Waals surface area contributed by atoms with Crippen LogP contribution in [0.15, 0.2) is 24.3 Å². The zero-order chi connectivity index (χ0) is 13.5. The molecule has 1 unspecified atom stereocenters. The Morgan fingerprint density at radius 3 is 2.61 bits per heavy atom. The third-order valence-electron chi connectivity index (χ3n) is 2.24. The Bertz CT molecular complexity index is 518. The van der Waals surface area contributed by atoms with Crippen LogP contribution in [0.2, 0.25) is 0 Å². The van der Waals surface area contributed by atoms with E-state index in [1.165, 1.54) is 18.2 Å². The summed E-state index contributed by atoms with van der Waals surface area (Å²) in [5.74, 6) is -2.01. The van der Waals surface area contributed by atoms with E-state index in [1.807, 2.05) is 0 Å². The van der Waals surface area contributed by atoms with Crippen LogP contribution in [0.1, 0.15) is 0 Å². The standard InChI is InChI=1S/C10H6Cl3FN2O2/c11-10(12,13)9-16(8(17)7(15)18-9)6-3-1-2-5(14)4-6/h1-4,9,15H. The second-order valence-corrected chi connectivity index (χ2v) is 5.86. The second kappa shape index (κ2) is 4.57. The van der Waals surface area contributed by atoms with Gasteiger partial charge in [-0.3, -0.25) is 15.1 Å². The molecule has 1 atom stereocenters. The zero-order valence-corrected chi connectivity index (χ0v) is 10.9. The maximum absolute atomic E-state index is 13.1. The van der Waals surface area contributed by atoms with E-state index in [1.54, 1.807) is 0 Å². The molecule has 1 amide bonds. The van der Waals surface area contributed by atoms with E-state index in [9.17, 15) is 9.18 Å². The van der Waals surface area contributed by atoms with Gasteiger partial charge in [0.05, 0.1) is 5.69 Å². The van der Waals surface area contributed by atoms with Gasteiger partial charge in [-0.2, -0.15) is 0 Å². The van der Waals surface area contributed by atoms with Gasteiger partial charge in [-0.1, -0.05) is 40.9 Å². The molecule has 1 aliphatic rings. The first-order chi connectivity index (χ1) is 8.30. The summed E-state index contributed by atoms with van der Waals surface area (Å²) in [4.78, 5) is 12.7. The maximum Gasteiger partial charge on any atom is 0.316 e. The predicted octanol–water partition coefficient (Wildman–Crippen LogP) is 2.86. The third kappa shape index (κ3) is 2.39. The summed E-state index contributed by atoms with van der Waals surface area (Å²) >= 11 is 17.0. The molecular formula is C10H6Cl3FN2O2. The quantitative estimate of drug-likeness (QED) is 0.811. The Morgan fingerprint density at radius 2 is 2.06 bits per heavy atom. The third-order valence-corrected chi connectivity index (χ3v) is 2.80. The molecule has 18 heavy (non-hydrogen) atoms. The minimum absolute atomic E-state index is 0.151. The molecule has 0 radical (unpaired) electrons. The second-order valence-electron chi connectivity index (χ2n) is 3.50. The van der Waals surface area contributed by atoms with Gasteiger partial charge in [0.2, 0.25) is 10.0 Å². The lowest BCUT2D eigenvalue weighted by molar-refractivity contribution is -0.112. The molecule has 96 valence electrons. The molecule has 8 heteroatoms. The van der Waals surface area contributed by atoms with E-state index in [2.05, 4.69) is 0 Å². The van der Waals surface area contributed by atoms with Gasteiger partial charge in [0.1, 0.15) is 5.82 Å². The molecule has 0 spiro atoms. The van der Waals surface area contributed by atoms with Crippen LogP contribution in [0.25, 0.3) is 0 Å². The summed E-state index contributed by atoms with van der Waals surface area (Å²) in [5, 5.41) is 7.32. The number of alkyl halides is 3. The first-order valence-electron chi connectivity index (χ1n) is 4.72. The van der Waals surface area contributed by atoms with Crippen molar-refractivity contribution in [3.63, 3.8) is 0 Å². The lowest BCUT2D eigenvalue weighted by Crippen LogP contribution is -2.42. The highest BCUT2D eigenvalue weighted by Gasteiger charge is 2.49. The number of carbonyl (C=O) groups is 1. The molecule has 0 saturated carbocycles. The highest BCUT2D eigenvalue weighted by molar-refractivity contribution is 6.68. The zero-order valence-electron chi connectivity index (χ0n) is 8.66. The Morgan fingerprint density at radius 1 is 1.39 bits per heavy atom. The summed E-state index contributed by atoms with van der Waals surface area (Å²) < 4.78 is 16.1. The number of rotatable bonds is 1. The highest BCUT2D eigenvalue weighted by atomic mass is 35.6. The van der Waals surface area contributed by atoms with Crippen molar-refractivity contribution in [1.82, 2.24) is 0 Å². The Labute approximate surface area is 117 Å². The summed E-state index contributed by atoms with van der Waals surface area (Å²) in [5.41, 5.74) is 0.151. The first kappa shape index (κ1) is 13.4. The fourth-order valence-electron chi connectivity index (χ4n) is 1.52. The smallest absolute Gasteiger partial charge is 0.316 e. The number of benzene rings is 1. The average molecular weight is 312 g/mol. The van der Waals surface area contributed by atoms with Crippen molar-refractivity contribution in [3.8, 4) is 0 Å². The molecule has 4 nitrogen and oxygen atoms in total. The minimum Gasteiger partial charge on any atom is -0.445 e. The Kier molecular flexibility index (Phi) is 3.40. The van der Waals surface area contributed by atoms with Gasteiger partial charge in [-0.15, -0.1) is 0 Å². The monoisotopic (exact) mass is 310 g/mol. The highest BCUT2D eigenvalue weighted by Crippen LogP contribution is 2.39. The summed E-state index contributed by atoms with van der Waals surface area (Å²) in [6.45, 7) is 0. The lowest BCUT2D eigenvalue weighted by atomic mass is 10.2. The first-order valence-corrected chi connectivity index (χ1v) is 5.85. The number of halogens is 4.